The highest BCUT2D eigenvalue weighted by Gasteiger charge is 2.09. The molecular formula is C13H13ClN2. The van der Waals surface area contributed by atoms with E-state index in [0.29, 0.717) is 0 Å². The fraction of sp³-hybridized carbons (Fsp3) is 0.231. The van der Waals surface area contributed by atoms with Crippen molar-refractivity contribution in [3.63, 3.8) is 0 Å². The molecule has 1 aromatic heterocycles. The first-order chi connectivity index (χ1) is 7.58. The van der Waals surface area contributed by atoms with Crippen LogP contribution in [0.4, 0.5) is 0 Å². The van der Waals surface area contributed by atoms with Crippen LogP contribution in [0, 0.1) is 20.8 Å². The van der Waals surface area contributed by atoms with Gasteiger partial charge in [0.25, 0.3) is 0 Å². The van der Waals surface area contributed by atoms with Gasteiger partial charge >= 0.3 is 0 Å². The maximum atomic E-state index is 5.99. The zero-order valence-corrected chi connectivity index (χ0v) is 10.3. The van der Waals surface area contributed by atoms with E-state index in [1.807, 2.05) is 45.0 Å². The van der Waals surface area contributed by atoms with Crippen LogP contribution in [0.2, 0.25) is 5.02 Å². The molecule has 0 aliphatic heterocycles. The van der Waals surface area contributed by atoms with Crippen LogP contribution < -0.4 is 0 Å². The van der Waals surface area contributed by atoms with Crippen molar-refractivity contribution in [2.45, 2.75) is 20.8 Å². The summed E-state index contributed by atoms with van der Waals surface area (Å²) in [7, 11) is 0. The first kappa shape index (κ1) is 11.1. The molecule has 16 heavy (non-hydrogen) atoms. The molecule has 0 unspecified atom stereocenters. The van der Waals surface area contributed by atoms with Crippen molar-refractivity contribution in [1.82, 2.24) is 9.97 Å². The van der Waals surface area contributed by atoms with Crippen molar-refractivity contribution in [1.29, 1.82) is 0 Å². The number of nitrogens with zero attached hydrogens (tertiary/aromatic N) is 2. The lowest BCUT2D eigenvalue weighted by Gasteiger charge is -2.09. The minimum atomic E-state index is 0.733. The largest absolute Gasteiger partial charge is 0.238 e. The maximum absolute atomic E-state index is 5.99. The van der Waals surface area contributed by atoms with E-state index in [1.54, 1.807) is 0 Å². The van der Waals surface area contributed by atoms with Crippen LogP contribution in [0.1, 0.15) is 17.2 Å². The summed E-state index contributed by atoms with van der Waals surface area (Å²) < 4.78 is 0. The summed E-state index contributed by atoms with van der Waals surface area (Å²) in [6.07, 6.45) is 0. The van der Waals surface area contributed by atoms with Crippen LogP contribution in [-0.4, -0.2) is 9.97 Å². The molecule has 0 aliphatic rings. The van der Waals surface area contributed by atoms with E-state index in [4.69, 9.17) is 11.6 Å². The van der Waals surface area contributed by atoms with Gasteiger partial charge in [-0.1, -0.05) is 23.7 Å². The SMILES string of the molecule is Cc1nc(C)c(-c2cccc(Cl)c2)c(C)n1. The molecule has 0 amide bonds. The molecule has 82 valence electrons. The minimum absolute atomic E-state index is 0.733. The van der Waals surface area contributed by atoms with E-state index in [9.17, 15) is 0 Å². The summed E-state index contributed by atoms with van der Waals surface area (Å²) >= 11 is 5.99. The van der Waals surface area contributed by atoms with E-state index in [1.165, 1.54) is 0 Å². The summed E-state index contributed by atoms with van der Waals surface area (Å²) in [6, 6.07) is 7.77. The lowest BCUT2D eigenvalue weighted by atomic mass is 10.0. The van der Waals surface area contributed by atoms with Crippen LogP contribution >= 0.6 is 11.6 Å². The van der Waals surface area contributed by atoms with Gasteiger partial charge in [0, 0.05) is 22.0 Å². The summed E-state index contributed by atoms with van der Waals surface area (Å²) in [5.41, 5.74) is 4.13. The molecule has 0 fully saturated rings. The highest BCUT2D eigenvalue weighted by atomic mass is 35.5. The van der Waals surface area contributed by atoms with Crippen LogP contribution in [-0.2, 0) is 0 Å². The smallest absolute Gasteiger partial charge is 0.125 e. The van der Waals surface area contributed by atoms with Gasteiger partial charge in [-0.15, -0.1) is 0 Å². The Balaban J connectivity index is 2.64. The Hall–Kier alpha value is -1.41. The third kappa shape index (κ3) is 2.07. The Kier molecular flexibility index (Phi) is 2.92. The van der Waals surface area contributed by atoms with E-state index in [2.05, 4.69) is 9.97 Å². The summed E-state index contributed by atoms with van der Waals surface area (Å²) in [6.45, 7) is 5.90. The third-order valence-electron chi connectivity index (χ3n) is 2.50. The van der Waals surface area contributed by atoms with Crippen molar-refractivity contribution >= 4 is 11.6 Å². The van der Waals surface area contributed by atoms with E-state index in [0.717, 1.165) is 33.4 Å². The second-order valence-electron chi connectivity index (χ2n) is 3.83. The number of hydrogen-bond donors (Lipinski definition) is 0. The Bertz CT molecular complexity index is 512. The van der Waals surface area contributed by atoms with Gasteiger partial charge < -0.3 is 0 Å². The first-order valence-corrected chi connectivity index (χ1v) is 5.53. The third-order valence-corrected chi connectivity index (χ3v) is 2.73. The number of aromatic nitrogens is 2. The van der Waals surface area contributed by atoms with Crippen LogP contribution in [0.5, 0.6) is 0 Å². The molecule has 2 nitrogen and oxygen atoms in total. The molecule has 1 aromatic carbocycles. The number of halogens is 1. The summed E-state index contributed by atoms with van der Waals surface area (Å²) in [5.74, 6) is 0.806. The maximum Gasteiger partial charge on any atom is 0.125 e. The number of aryl methyl sites for hydroxylation is 3. The fourth-order valence-corrected chi connectivity index (χ4v) is 2.14. The Morgan fingerprint density at radius 3 is 2.19 bits per heavy atom. The van der Waals surface area contributed by atoms with Crippen molar-refractivity contribution in [2.75, 3.05) is 0 Å². The highest BCUT2D eigenvalue weighted by molar-refractivity contribution is 6.30. The monoisotopic (exact) mass is 232 g/mol. The molecule has 0 saturated heterocycles. The highest BCUT2D eigenvalue weighted by Crippen LogP contribution is 2.27. The Morgan fingerprint density at radius 2 is 1.62 bits per heavy atom. The van der Waals surface area contributed by atoms with Gasteiger partial charge in [-0.25, -0.2) is 9.97 Å². The molecular weight excluding hydrogens is 220 g/mol. The molecule has 1 heterocycles. The number of hydrogen-bond acceptors (Lipinski definition) is 2. The van der Waals surface area contributed by atoms with Crippen LogP contribution in [0.25, 0.3) is 11.1 Å². The summed E-state index contributed by atoms with van der Waals surface area (Å²) in [4.78, 5) is 8.77. The lowest BCUT2D eigenvalue weighted by Crippen LogP contribution is -1.98. The summed E-state index contributed by atoms with van der Waals surface area (Å²) in [5, 5.41) is 0.733. The quantitative estimate of drug-likeness (QED) is 0.749. The van der Waals surface area contributed by atoms with Gasteiger partial charge in [0.1, 0.15) is 5.82 Å². The van der Waals surface area contributed by atoms with E-state index in [-0.39, 0.29) is 0 Å². The predicted molar refractivity (Wildman–Crippen MR) is 66.7 cm³/mol. The minimum Gasteiger partial charge on any atom is -0.238 e. The molecule has 0 atom stereocenters. The van der Waals surface area contributed by atoms with Gasteiger partial charge in [0.05, 0.1) is 0 Å². The van der Waals surface area contributed by atoms with Gasteiger partial charge in [-0.05, 0) is 38.5 Å². The second kappa shape index (κ2) is 4.22. The molecule has 0 N–H and O–H groups in total. The van der Waals surface area contributed by atoms with Crippen molar-refractivity contribution in [3.8, 4) is 11.1 Å². The molecule has 3 heteroatoms. The number of rotatable bonds is 1. The molecule has 2 rings (SSSR count). The second-order valence-corrected chi connectivity index (χ2v) is 4.26. The van der Waals surface area contributed by atoms with Crippen molar-refractivity contribution in [2.24, 2.45) is 0 Å². The zero-order chi connectivity index (χ0) is 11.7. The molecule has 0 saturated carbocycles. The Morgan fingerprint density at radius 1 is 1.00 bits per heavy atom. The lowest BCUT2D eigenvalue weighted by molar-refractivity contribution is 0.981. The molecule has 0 aliphatic carbocycles. The Labute approximate surface area is 100 Å². The zero-order valence-electron chi connectivity index (χ0n) is 9.58. The van der Waals surface area contributed by atoms with Gasteiger partial charge in [0.15, 0.2) is 0 Å². The van der Waals surface area contributed by atoms with Gasteiger partial charge in [0.2, 0.25) is 0 Å². The molecule has 2 aromatic rings. The molecule has 0 bridgehead atoms. The molecule has 0 radical (unpaired) electrons. The van der Waals surface area contributed by atoms with Crippen LogP contribution in [0.3, 0.4) is 0 Å². The normalized spacial score (nSPS) is 10.5. The standard InChI is InChI=1S/C13H13ClN2/c1-8-13(9(2)16-10(3)15-8)11-5-4-6-12(14)7-11/h4-7H,1-3H3. The topological polar surface area (TPSA) is 25.8 Å². The van der Waals surface area contributed by atoms with Crippen LogP contribution in [0.15, 0.2) is 24.3 Å². The van der Waals surface area contributed by atoms with Gasteiger partial charge in [-0.3, -0.25) is 0 Å². The number of benzene rings is 1. The van der Waals surface area contributed by atoms with E-state index >= 15 is 0 Å². The van der Waals surface area contributed by atoms with Gasteiger partial charge in [-0.2, -0.15) is 0 Å². The first-order valence-electron chi connectivity index (χ1n) is 5.15. The van der Waals surface area contributed by atoms with Crippen molar-refractivity contribution < 1.29 is 0 Å². The average Bonchev–Trinajstić information content (AvgIpc) is 2.15. The van der Waals surface area contributed by atoms with E-state index < -0.39 is 0 Å². The average molecular weight is 233 g/mol. The molecule has 0 spiro atoms. The predicted octanol–water partition coefficient (Wildman–Crippen LogP) is 3.72. The van der Waals surface area contributed by atoms with Crippen molar-refractivity contribution in [3.05, 3.63) is 46.5 Å². The fourth-order valence-electron chi connectivity index (χ4n) is 1.95.